The van der Waals surface area contributed by atoms with Gasteiger partial charge in [0.1, 0.15) is 23.1 Å². The van der Waals surface area contributed by atoms with Crippen LogP contribution in [-0.2, 0) is 0 Å². The summed E-state index contributed by atoms with van der Waals surface area (Å²) in [5, 5.41) is 30.4. The minimum absolute atomic E-state index is 0.126. The second kappa shape index (κ2) is 7.19. The van der Waals surface area contributed by atoms with E-state index < -0.39 is 4.92 Å². The number of benzene rings is 2. The van der Waals surface area contributed by atoms with E-state index in [1.807, 2.05) is 0 Å². The fourth-order valence-electron chi connectivity index (χ4n) is 2.66. The number of hydrogen-bond acceptors (Lipinski definition) is 7. The quantitative estimate of drug-likeness (QED) is 0.219. The SMILES string of the molecule is COc1ccc(C(=N)N)cc1-c1cc(-c2ccc(C(=N)N)cc2[N+](=O)[O-])no1. The van der Waals surface area contributed by atoms with Gasteiger partial charge >= 0.3 is 0 Å². The number of nitro groups is 1. The van der Waals surface area contributed by atoms with Gasteiger partial charge < -0.3 is 20.7 Å². The number of aromatic nitrogens is 1. The maximum Gasteiger partial charge on any atom is 0.279 e. The highest BCUT2D eigenvalue weighted by molar-refractivity contribution is 5.97. The summed E-state index contributed by atoms with van der Waals surface area (Å²) in [6.45, 7) is 0. The molecule has 3 aromatic rings. The minimum Gasteiger partial charge on any atom is -0.496 e. The molecule has 3 rings (SSSR count). The Hall–Kier alpha value is -4.21. The smallest absolute Gasteiger partial charge is 0.279 e. The molecular weight excluding hydrogens is 364 g/mol. The first kappa shape index (κ1) is 18.6. The zero-order valence-electron chi connectivity index (χ0n) is 14.7. The van der Waals surface area contributed by atoms with Gasteiger partial charge in [-0.3, -0.25) is 20.9 Å². The first-order chi connectivity index (χ1) is 13.3. The van der Waals surface area contributed by atoms with Crippen molar-refractivity contribution >= 4 is 17.4 Å². The van der Waals surface area contributed by atoms with Gasteiger partial charge in [0, 0.05) is 23.3 Å². The lowest BCUT2D eigenvalue weighted by Crippen LogP contribution is -2.11. The van der Waals surface area contributed by atoms with Crippen molar-refractivity contribution in [2.45, 2.75) is 0 Å². The summed E-state index contributed by atoms with van der Waals surface area (Å²) in [6.07, 6.45) is 0. The first-order valence-corrected chi connectivity index (χ1v) is 7.94. The molecule has 0 bridgehead atoms. The van der Waals surface area contributed by atoms with Crippen molar-refractivity contribution in [3.8, 4) is 28.3 Å². The molecule has 0 saturated heterocycles. The van der Waals surface area contributed by atoms with Gasteiger partial charge in [0.2, 0.25) is 0 Å². The number of nitro benzene ring substituents is 1. The number of methoxy groups -OCH3 is 1. The lowest BCUT2D eigenvalue weighted by molar-refractivity contribution is -0.384. The van der Waals surface area contributed by atoms with Crippen molar-refractivity contribution in [3.05, 3.63) is 63.7 Å². The molecule has 1 heterocycles. The second-order valence-corrected chi connectivity index (χ2v) is 5.81. The van der Waals surface area contributed by atoms with E-state index in [0.717, 1.165) is 0 Å². The van der Waals surface area contributed by atoms with Crippen LogP contribution >= 0.6 is 0 Å². The van der Waals surface area contributed by atoms with E-state index in [0.29, 0.717) is 22.6 Å². The van der Waals surface area contributed by atoms with Crippen LogP contribution in [0.2, 0.25) is 0 Å². The number of nitrogens with one attached hydrogen (secondary N) is 2. The van der Waals surface area contributed by atoms with E-state index in [9.17, 15) is 10.1 Å². The lowest BCUT2D eigenvalue weighted by Gasteiger charge is -2.07. The Balaban J connectivity index is 2.11. The fourth-order valence-corrected chi connectivity index (χ4v) is 2.66. The van der Waals surface area contributed by atoms with E-state index in [4.69, 9.17) is 31.5 Å². The van der Waals surface area contributed by atoms with Gasteiger partial charge in [-0.1, -0.05) is 11.2 Å². The van der Waals surface area contributed by atoms with Crippen molar-refractivity contribution in [1.82, 2.24) is 5.16 Å². The number of ether oxygens (including phenoxy) is 1. The Morgan fingerprint density at radius 3 is 2.32 bits per heavy atom. The zero-order valence-corrected chi connectivity index (χ0v) is 14.7. The van der Waals surface area contributed by atoms with Crippen LogP contribution in [0.3, 0.4) is 0 Å². The van der Waals surface area contributed by atoms with Gasteiger partial charge in [-0.25, -0.2) is 0 Å². The van der Waals surface area contributed by atoms with Crippen LogP contribution in [-0.4, -0.2) is 28.9 Å². The summed E-state index contributed by atoms with van der Waals surface area (Å²) in [4.78, 5) is 10.9. The summed E-state index contributed by atoms with van der Waals surface area (Å²) in [7, 11) is 1.48. The lowest BCUT2D eigenvalue weighted by atomic mass is 10.0. The minimum atomic E-state index is -0.576. The van der Waals surface area contributed by atoms with Crippen molar-refractivity contribution in [2.24, 2.45) is 11.5 Å². The Labute approximate surface area is 158 Å². The highest BCUT2D eigenvalue weighted by Gasteiger charge is 2.21. The number of rotatable bonds is 6. The van der Waals surface area contributed by atoms with Gasteiger partial charge in [-0.05, 0) is 24.3 Å². The van der Waals surface area contributed by atoms with Gasteiger partial charge in [0.15, 0.2) is 5.76 Å². The summed E-state index contributed by atoms with van der Waals surface area (Å²) in [5.74, 6) is 0.356. The van der Waals surface area contributed by atoms with Crippen molar-refractivity contribution in [3.63, 3.8) is 0 Å². The van der Waals surface area contributed by atoms with Crippen LogP contribution in [0.15, 0.2) is 47.0 Å². The molecule has 2 aromatic carbocycles. The van der Waals surface area contributed by atoms with Crippen molar-refractivity contribution in [2.75, 3.05) is 7.11 Å². The average Bonchev–Trinajstić information content (AvgIpc) is 3.16. The maximum atomic E-state index is 11.4. The van der Waals surface area contributed by atoms with Gasteiger partial charge in [0.05, 0.1) is 23.2 Å². The monoisotopic (exact) mass is 380 g/mol. The van der Waals surface area contributed by atoms with Gasteiger partial charge in [-0.15, -0.1) is 0 Å². The molecule has 1 aromatic heterocycles. The van der Waals surface area contributed by atoms with Crippen molar-refractivity contribution < 1.29 is 14.2 Å². The molecule has 0 radical (unpaired) electrons. The Kier molecular flexibility index (Phi) is 4.77. The second-order valence-electron chi connectivity index (χ2n) is 5.81. The standard InChI is InChI=1S/C18H16N6O4/c1-27-15-5-3-9(17(19)20)6-12(15)16-8-13(23-28-16)11-4-2-10(18(21)22)7-14(11)24(25)26/h2-8H,1H3,(H3,19,20)(H3,21,22). The number of nitrogen functional groups attached to an aromatic ring is 2. The highest BCUT2D eigenvalue weighted by Crippen LogP contribution is 2.36. The number of amidine groups is 2. The summed E-state index contributed by atoms with van der Waals surface area (Å²) in [5.41, 5.74) is 12.3. The van der Waals surface area contributed by atoms with E-state index in [-0.39, 0.29) is 34.2 Å². The molecule has 0 atom stereocenters. The average molecular weight is 380 g/mol. The summed E-state index contributed by atoms with van der Waals surface area (Å²) in [6, 6.07) is 10.6. The van der Waals surface area contributed by atoms with Crippen molar-refractivity contribution in [1.29, 1.82) is 10.8 Å². The van der Waals surface area contributed by atoms with Crippen LogP contribution < -0.4 is 16.2 Å². The van der Waals surface area contributed by atoms with Gasteiger partial charge in [0.25, 0.3) is 5.69 Å². The van der Waals surface area contributed by atoms with E-state index in [2.05, 4.69) is 5.16 Å². The molecule has 142 valence electrons. The molecule has 0 aliphatic carbocycles. The third kappa shape index (κ3) is 3.38. The number of hydrogen-bond donors (Lipinski definition) is 4. The largest absolute Gasteiger partial charge is 0.496 e. The van der Waals surface area contributed by atoms with E-state index >= 15 is 0 Å². The molecule has 6 N–H and O–H groups in total. The van der Waals surface area contributed by atoms with E-state index in [1.165, 1.54) is 31.4 Å². The highest BCUT2D eigenvalue weighted by atomic mass is 16.6. The molecule has 0 unspecified atom stereocenters. The van der Waals surface area contributed by atoms with Crippen LogP contribution in [0.5, 0.6) is 5.75 Å². The molecule has 0 aliphatic rings. The number of nitrogens with zero attached hydrogens (tertiary/aromatic N) is 2. The van der Waals surface area contributed by atoms with Crippen LogP contribution in [0.25, 0.3) is 22.6 Å². The molecule has 0 aliphatic heterocycles. The van der Waals surface area contributed by atoms with Crippen LogP contribution in [0.4, 0.5) is 5.69 Å². The Bertz CT molecular complexity index is 1110. The predicted molar refractivity (Wildman–Crippen MR) is 103 cm³/mol. The molecule has 0 fully saturated rings. The predicted octanol–water partition coefficient (Wildman–Crippen LogP) is 2.49. The maximum absolute atomic E-state index is 11.4. The number of nitrogens with two attached hydrogens (primary N) is 2. The molecule has 0 amide bonds. The molecule has 0 spiro atoms. The zero-order chi connectivity index (χ0) is 20.4. The summed E-state index contributed by atoms with van der Waals surface area (Å²) < 4.78 is 10.7. The van der Waals surface area contributed by atoms with E-state index in [1.54, 1.807) is 18.2 Å². The Morgan fingerprint density at radius 1 is 1.07 bits per heavy atom. The Morgan fingerprint density at radius 2 is 1.71 bits per heavy atom. The molecule has 0 saturated carbocycles. The molecule has 10 nitrogen and oxygen atoms in total. The topological polar surface area (TPSA) is 178 Å². The normalized spacial score (nSPS) is 10.5. The molecule has 28 heavy (non-hydrogen) atoms. The third-order valence-electron chi connectivity index (χ3n) is 4.07. The van der Waals surface area contributed by atoms with Crippen LogP contribution in [0, 0.1) is 20.9 Å². The van der Waals surface area contributed by atoms with Gasteiger partial charge in [-0.2, -0.15) is 0 Å². The summed E-state index contributed by atoms with van der Waals surface area (Å²) >= 11 is 0. The molecule has 10 heteroatoms. The fraction of sp³-hybridized carbons (Fsp3) is 0.0556. The first-order valence-electron chi connectivity index (χ1n) is 7.94. The molecular formula is C18H16N6O4. The van der Waals surface area contributed by atoms with Crippen LogP contribution in [0.1, 0.15) is 11.1 Å². The third-order valence-corrected chi connectivity index (χ3v) is 4.07.